The maximum Gasteiger partial charge on any atom is 0.303 e. The minimum atomic E-state index is -0.740. The number of nitrogens with zero attached hydrogens (tertiary/aromatic N) is 2. The van der Waals surface area contributed by atoms with Crippen LogP contribution in [0.3, 0.4) is 0 Å². The van der Waals surface area contributed by atoms with Gasteiger partial charge in [0.15, 0.2) is 0 Å². The fraction of sp³-hybridized carbons (Fsp3) is 0.429. The molecule has 1 heterocycles. The first-order valence-electron chi connectivity index (χ1n) is 12.2. The highest BCUT2D eigenvalue weighted by Gasteiger charge is 2.25. The van der Waals surface area contributed by atoms with E-state index in [2.05, 4.69) is 49.9 Å². The van der Waals surface area contributed by atoms with Crippen molar-refractivity contribution in [3.05, 3.63) is 64.5 Å². The summed E-state index contributed by atoms with van der Waals surface area (Å²) in [6.45, 7) is 10.8. The summed E-state index contributed by atoms with van der Waals surface area (Å²) in [5.74, 6) is 1.66. The van der Waals surface area contributed by atoms with Gasteiger partial charge in [0.2, 0.25) is 5.89 Å². The summed E-state index contributed by atoms with van der Waals surface area (Å²) in [5.41, 5.74) is 6.63. The van der Waals surface area contributed by atoms with Crippen molar-refractivity contribution in [2.75, 3.05) is 24.6 Å². The maximum atomic E-state index is 11.1. The van der Waals surface area contributed by atoms with Crippen LogP contribution in [0.25, 0.3) is 11.5 Å². The Morgan fingerprint density at radius 3 is 2.68 bits per heavy atom. The second-order valence-electron chi connectivity index (χ2n) is 8.99. The number of aliphatic carboxylic acids is 1. The summed E-state index contributed by atoms with van der Waals surface area (Å²) in [6.07, 6.45) is 2.65. The Morgan fingerprint density at radius 1 is 1.18 bits per heavy atom. The van der Waals surface area contributed by atoms with Gasteiger partial charge in [0.1, 0.15) is 11.5 Å². The molecule has 6 nitrogen and oxygen atoms in total. The zero-order valence-corrected chi connectivity index (χ0v) is 20.6. The lowest BCUT2D eigenvalue weighted by Gasteiger charge is -2.21. The van der Waals surface area contributed by atoms with E-state index in [4.69, 9.17) is 19.2 Å². The second kappa shape index (κ2) is 10.3. The Kier molecular flexibility index (Phi) is 7.25. The highest BCUT2D eigenvalue weighted by atomic mass is 16.5. The lowest BCUT2D eigenvalue weighted by atomic mass is 9.98. The number of ether oxygens (including phenoxy) is 1. The molecule has 0 aliphatic heterocycles. The van der Waals surface area contributed by atoms with Gasteiger partial charge in [0.05, 0.1) is 18.7 Å². The molecule has 0 amide bonds. The predicted molar refractivity (Wildman–Crippen MR) is 134 cm³/mol. The highest BCUT2D eigenvalue weighted by Crippen LogP contribution is 2.37. The molecule has 34 heavy (non-hydrogen) atoms. The van der Waals surface area contributed by atoms with E-state index in [-0.39, 0.29) is 12.3 Å². The zero-order valence-electron chi connectivity index (χ0n) is 20.6. The van der Waals surface area contributed by atoms with Crippen LogP contribution in [-0.4, -0.2) is 35.8 Å². The molecule has 1 aromatic heterocycles. The molecule has 180 valence electrons. The van der Waals surface area contributed by atoms with E-state index in [1.807, 2.05) is 19.1 Å². The van der Waals surface area contributed by atoms with Crippen molar-refractivity contribution in [1.82, 2.24) is 4.98 Å². The molecule has 2 aromatic carbocycles. The first-order chi connectivity index (χ1) is 16.4. The summed E-state index contributed by atoms with van der Waals surface area (Å²) in [7, 11) is 0. The predicted octanol–water partition coefficient (Wildman–Crippen LogP) is 5.93. The van der Waals surface area contributed by atoms with Crippen LogP contribution in [0, 0.1) is 13.8 Å². The van der Waals surface area contributed by atoms with E-state index in [0.717, 1.165) is 59.8 Å². The number of hydrogen-bond acceptors (Lipinski definition) is 5. The van der Waals surface area contributed by atoms with Gasteiger partial charge in [-0.25, -0.2) is 4.98 Å². The molecule has 3 aromatic rings. The van der Waals surface area contributed by atoms with Crippen LogP contribution < -0.4 is 9.64 Å². The fourth-order valence-electron chi connectivity index (χ4n) is 4.91. The number of carbonyl (C=O) groups is 1. The van der Waals surface area contributed by atoms with Crippen molar-refractivity contribution >= 4 is 11.7 Å². The number of fused-ring (bicyclic) bond motifs is 1. The van der Waals surface area contributed by atoms with Crippen LogP contribution in [0.4, 0.5) is 5.69 Å². The van der Waals surface area contributed by atoms with Gasteiger partial charge in [-0.1, -0.05) is 6.07 Å². The van der Waals surface area contributed by atoms with E-state index < -0.39 is 5.97 Å². The summed E-state index contributed by atoms with van der Waals surface area (Å²) >= 11 is 0. The van der Waals surface area contributed by atoms with Gasteiger partial charge in [-0.15, -0.1) is 0 Å². The van der Waals surface area contributed by atoms with Crippen molar-refractivity contribution in [2.24, 2.45) is 0 Å². The van der Waals surface area contributed by atoms with Gasteiger partial charge in [-0.05, 0) is 93.5 Å². The molecule has 1 aliphatic rings. The minimum Gasteiger partial charge on any atom is -0.493 e. The van der Waals surface area contributed by atoms with Crippen LogP contribution in [-0.2, 0) is 17.6 Å². The largest absolute Gasteiger partial charge is 0.493 e. The molecular weight excluding hydrogens is 428 g/mol. The molecular formula is C28H34N2O4. The molecule has 0 saturated heterocycles. The van der Waals surface area contributed by atoms with E-state index in [0.29, 0.717) is 18.9 Å². The van der Waals surface area contributed by atoms with Gasteiger partial charge in [-0.2, -0.15) is 0 Å². The number of carboxylic acids is 1. The molecule has 6 heteroatoms. The average molecular weight is 463 g/mol. The number of oxazole rings is 1. The fourth-order valence-corrected chi connectivity index (χ4v) is 4.91. The lowest BCUT2D eigenvalue weighted by molar-refractivity contribution is -0.137. The Bertz CT molecular complexity index is 1160. The third kappa shape index (κ3) is 5.11. The number of carboxylic acid groups (broad SMARTS) is 1. The third-order valence-corrected chi connectivity index (χ3v) is 6.81. The van der Waals surface area contributed by atoms with Crippen molar-refractivity contribution in [2.45, 2.75) is 59.3 Å². The van der Waals surface area contributed by atoms with Gasteiger partial charge in [0, 0.05) is 30.8 Å². The topological polar surface area (TPSA) is 75.8 Å². The first-order valence-corrected chi connectivity index (χ1v) is 12.2. The van der Waals surface area contributed by atoms with E-state index in [1.165, 1.54) is 11.3 Å². The molecule has 0 fully saturated rings. The second-order valence-corrected chi connectivity index (χ2v) is 8.99. The Balaban J connectivity index is 1.39. The van der Waals surface area contributed by atoms with Gasteiger partial charge in [0.25, 0.3) is 0 Å². The number of benzene rings is 2. The first kappa shape index (κ1) is 23.9. The molecule has 1 aliphatic carbocycles. The molecule has 1 N–H and O–H groups in total. The van der Waals surface area contributed by atoms with E-state index >= 15 is 0 Å². The third-order valence-electron chi connectivity index (χ3n) is 6.81. The van der Waals surface area contributed by atoms with Crippen molar-refractivity contribution in [3.63, 3.8) is 0 Å². The van der Waals surface area contributed by atoms with Crippen molar-refractivity contribution < 1.29 is 19.1 Å². The van der Waals surface area contributed by atoms with Gasteiger partial charge >= 0.3 is 5.97 Å². The standard InChI is InChI=1S/C28H34N2O4/c1-5-30(6-2)22-9-11-24(18(3)15-22)28-29-26(19(4)34-28)13-14-33-23-10-12-25-20(16-23)7-8-21(25)17-27(31)32/h9-12,15-16,21H,5-8,13-14,17H2,1-4H3,(H,31,32)/t21-/m0/s1. The van der Waals surface area contributed by atoms with Crippen LogP contribution in [0.2, 0.25) is 0 Å². The number of hydrogen-bond donors (Lipinski definition) is 1. The van der Waals surface area contributed by atoms with E-state index in [1.54, 1.807) is 0 Å². The Labute approximate surface area is 201 Å². The normalized spacial score (nSPS) is 14.8. The zero-order chi connectivity index (χ0) is 24.2. The smallest absolute Gasteiger partial charge is 0.303 e. The summed E-state index contributed by atoms with van der Waals surface area (Å²) in [6, 6.07) is 12.4. The van der Waals surface area contributed by atoms with Crippen LogP contribution >= 0.6 is 0 Å². The van der Waals surface area contributed by atoms with Crippen molar-refractivity contribution in [1.29, 1.82) is 0 Å². The summed E-state index contributed by atoms with van der Waals surface area (Å²) in [5, 5.41) is 9.10. The number of aromatic nitrogens is 1. The molecule has 0 unspecified atom stereocenters. The molecule has 0 radical (unpaired) electrons. The van der Waals surface area contributed by atoms with Crippen LogP contribution in [0.1, 0.15) is 60.8 Å². The molecule has 1 atom stereocenters. The number of rotatable bonds is 10. The number of anilines is 1. The Hall–Kier alpha value is -3.28. The molecule has 4 rings (SSSR count). The SMILES string of the molecule is CCN(CC)c1ccc(-c2nc(CCOc3ccc4c(c3)CC[C@H]4CC(=O)O)c(C)o2)c(C)c1. The average Bonchev–Trinajstić information content (AvgIpc) is 3.37. The monoisotopic (exact) mass is 462 g/mol. The maximum absolute atomic E-state index is 11.1. The molecule has 0 saturated carbocycles. The molecule has 0 spiro atoms. The van der Waals surface area contributed by atoms with Crippen LogP contribution in [0.5, 0.6) is 5.75 Å². The van der Waals surface area contributed by atoms with E-state index in [9.17, 15) is 4.79 Å². The van der Waals surface area contributed by atoms with Gasteiger partial charge in [-0.3, -0.25) is 4.79 Å². The van der Waals surface area contributed by atoms with Crippen LogP contribution in [0.15, 0.2) is 40.8 Å². The Morgan fingerprint density at radius 2 is 1.97 bits per heavy atom. The summed E-state index contributed by atoms with van der Waals surface area (Å²) < 4.78 is 12.0. The van der Waals surface area contributed by atoms with Crippen molar-refractivity contribution in [3.8, 4) is 17.2 Å². The number of aryl methyl sites for hydroxylation is 3. The van der Waals surface area contributed by atoms with Gasteiger partial charge < -0.3 is 19.2 Å². The molecule has 0 bridgehead atoms. The minimum absolute atomic E-state index is 0.113. The quantitative estimate of drug-likeness (QED) is 0.402. The highest BCUT2D eigenvalue weighted by molar-refractivity contribution is 5.68. The lowest BCUT2D eigenvalue weighted by Crippen LogP contribution is -2.21. The summed E-state index contributed by atoms with van der Waals surface area (Å²) in [4.78, 5) is 18.2.